The highest BCUT2D eigenvalue weighted by molar-refractivity contribution is 6.51. The van der Waals surface area contributed by atoms with Gasteiger partial charge in [0.25, 0.3) is 0 Å². The van der Waals surface area contributed by atoms with Gasteiger partial charge in [0.15, 0.2) is 11.2 Å². The summed E-state index contributed by atoms with van der Waals surface area (Å²) in [4.78, 5) is 6.65. The Morgan fingerprint density at radius 2 is 1.28 bits per heavy atom. The predicted molar refractivity (Wildman–Crippen MR) is 140 cm³/mol. The molecule has 0 N–H and O–H groups in total. The van der Waals surface area contributed by atoms with Gasteiger partial charge in [-0.1, -0.05) is 48.5 Å². The van der Waals surface area contributed by atoms with Crippen molar-refractivity contribution in [2.45, 2.75) is 6.92 Å². The fourth-order valence-corrected chi connectivity index (χ4v) is 4.69. The van der Waals surface area contributed by atoms with E-state index in [1.807, 2.05) is 84.9 Å². The van der Waals surface area contributed by atoms with Gasteiger partial charge in [-0.05, 0) is 61.5 Å². The number of anilines is 3. The van der Waals surface area contributed by atoms with Gasteiger partial charge in [0.2, 0.25) is 0 Å². The van der Waals surface area contributed by atoms with Crippen molar-refractivity contribution in [2.75, 3.05) is 4.90 Å². The SMILES string of the molecule is Cc1nc2ccccc2[n+]2c1C=C(c1ccc(N(c3ccccc3)c3ccccc3)cc1)O[B-]2(F)F. The van der Waals surface area contributed by atoms with Crippen LogP contribution >= 0.6 is 0 Å². The van der Waals surface area contributed by atoms with Gasteiger partial charge in [0.05, 0.1) is 5.76 Å². The van der Waals surface area contributed by atoms with E-state index in [4.69, 9.17) is 4.65 Å². The Morgan fingerprint density at radius 1 is 0.722 bits per heavy atom. The lowest BCUT2D eigenvalue weighted by atomic mass is 9.96. The minimum atomic E-state index is -4.34. The summed E-state index contributed by atoms with van der Waals surface area (Å²) in [7, 11) is -4.34. The normalized spacial score (nSPS) is 14.0. The second-order valence-corrected chi connectivity index (χ2v) is 8.68. The van der Waals surface area contributed by atoms with Crippen molar-refractivity contribution in [2.24, 2.45) is 0 Å². The minimum Gasteiger partial charge on any atom is -0.599 e. The Labute approximate surface area is 207 Å². The number of halogens is 2. The van der Waals surface area contributed by atoms with Gasteiger partial charge in [-0.25, -0.2) is 4.98 Å². The number of aryl methyl sites for hydroxylation is 1. The molecule has 1 aliphatic heterocycles. The van der Waals surface area contributed by atoms with E-state index in [1.165, 1.54) is 0 Å². The molecule has 0 saturated heterocycles. The van der Waals surface area contributed by atoms with Gasteiger partial charge >= 0.3 is 7.04 Å². The quantitative estimate of drug-likeness (QED) is 0.260. The molecule has 0 bridgehead atoms. The zero-order valence-electron chi connectivity index (χ0n) is 19.6. The topological polar surface area (TPSA) is 29.2 Å². The summed E-state index contributed by atoms with van der Waals surface area (Å²) < 4.78 is 37.1. The lowest BCUT2D eigenvalue weighted by Crippen LogP contribution is -2.64. The number of benzene rings is 4. The molecule has 4 nitrogen and oxygen atoms in total. The van der Waals surface area contributed by atoms with Crippen LogP contribution < -0.4 is 9.38 Å². The first-order chi connectivity index (χ1) is 17.5. The minimum absolute atomic E-state index is 0.123. The first-order valence-electron chi connectivity index (χ1n) is 11.7. The maximum atomic E-state index is 15.4. The summed E-state index contributed by atoms with van der Waals surface area (Å²) in [5, 5.41) is 0. The summed E-state index contributed by atoms with van der Waals surface area (Å²) in [5.74, 6) is 0.123. The van der Waals surface area contributed by atoms with Crippen LogP contribution in [0.1, 0.15) is 17.0 Å². The average Bonchev–Trinajstić information content (AvgIpc) is 2.90. The smallest absolute Gasteiger partial charge is 0.599 e. The summed E-state index contributed by atoms with van der Waals surface area (Å²) >= 11 is 0. The highest BCUT2D eigenvalue weighted by Gasteiger charge is 2.51. The van der Waals surface area contributed by atoms with Crippen molar-refractivity contribution in [3.05, 3.63) is 126 Å². The van der Waals surface area contributed by atoms with Crippen molar-refractivity contribution < 1.29 is 17.8 Å². The van der Waals surface area contributed by atoms with Gasteiger partial charge in [0, 0.05) is 34.8 Å². The third-order valence-electron chi connectivity index (χ3n) is 6.34. The molecule has 1 aromatic heterocycles. The van der Waals surface area contributed by atoms with Crippen LogP contribution in [0.5, 0.6) is 0 Å². The molecule has 0 amide bonds. The molecule has 0 radical (unpaired) electrons. The molecule has 0 atom stereocenters. The van der Waals surface area contributed by atoms with Crippen molar-refractivity contribution in [3.8, 4) is 0 Å². The number of fused-ring (bicyclic) bond motifs is 3. The molecule has 0 fully saturated rings. The van der Waals surface area contributed by atoms with Crippen LogP contribution in [0.3, 0.4) is 0 Å². The molecule has 0 spiro atoms. The molecule has 0 unspecified atom stereocenters. The molecule has 7 heteroatoms. The number of nitrogens with zero attached hydrogens (tertiary/aromatic N) is 3. The number of hydrogen-bond acceptors (Lipinski definition) is 3. The lowest BCUT2D eigenvalue weighted by molar-refractivity contribution is -0.557. The van der Waals surface area contributed by atoms with E-state index in [1.54, 1.807) is 37.3 Å². The Kier molecular flexibility index (Phi) is 5.26. The molecule has 2 heterocycles. The molecule has 36 heavy (non-hydrogen) atoms. The number of para-hydroxylation sites is 4. The van der Waals surface area contributed by atoms with E-state index < -0.39 is 7.04 Å². The summed E-state index contributed by atoms with van der Waals surface area (Å²) in [6.45, 7) is 1.74. The van der Waals surface area contributed by atoms with E-state index in [9.17, 15) is 0 Å². The standard InChI is InChI=1S/C29H22BF2N3O/c1-21-28-20-29(36-30(31,32)35(28)27-15-9-8-14-26(27)33-21)22-16-18-25(19-17-22)34(23-10-4-2-5-11-23)24-12-6-3-7-13-24/h2-20H,1H3. The van der Waals surface area contributed by atoms with Crippen molar-refractivity contribution in [1.29, 1.82) is 0 Å². The molecular weight excluding hydrogens is 455 g/mol. The largest absolute Gasteiger partial charge is 0.834 e. The lowest BCUT2D eigenvalue weighted by Gasteiger charge is -2.30. The first kappa shape index (κ1) is 22.0. The zero-order valence-corrected chi connectivity index (χ0v) is 19.6. The van der Waals surface area contributed by atoms with Crippen LogP contribution in [0.25, 0.3) is 22.9 Å². The van der Waals surface area contributed by atoms with E-state index in [2.05, 4.69) is 9.88 Å². The molecule has 0 aliphatic carbocycles. The van der Waals surface area contributed by atoms with Crippen LogP contribution in [-0.4, -0.2) is 12.0 Å². The molecule has 4 aromatic carbocycles. The fourth-order valence-electron chi connectivity index (χ4n) is 4.69. The summed E-state index contributed by atoms with van der Waals surface area (Å²) in [5.41, 5.74) is 5.19. The maximum absolute atomic E-state index is 15.4. The van der Waals surface area contributed by atoms with Crippen LogP contribution in [0.4, 0.5) is 25.7 Å². The Balaban J connectivity index is 1.43. The highest BCUT2D eigenvalue weighted by Crippen LogP contribution is 2.36. The molecular formula is C29H22BF2N3O. The van der Waals surface area contributed by atoms with E-state index in [0.717, 1.165) is 21.5 Å². The molecule has 1 aliphatic rings. The van der Waals surface area contributed by atoms with Crippen molar-refractivity contribution in [3.63, 3.8) is 0 Å². The first-order valence-corrected chi connectivity index (χ1v) is 11.7. The van der Waals surface area contributed by atoms with Crippen LogP contribution in [0.15, 0.2) is 109 Å². The number of rotatable bonds is 4. The van der Waals surface area contributed by atoms with Gasteiger partial charge in [-0.3, -0.25) is 0 Å². The average molecular weight is 477 g/mol. The van der Waals surface area contributed by atoms with Crippen molar-refractivity contribution in [1.82, 2.24) is 4.98 Å². The number of hydrogen-bond donors (Lipinski definition) is 0. The predicted octanol–water partition coefficient (Wildman–Crippen LogP) is 7.05. The molecule has 176 valence electrons. The van der Waals surface area contributed by atoms with E-state index in [-0.39, 0.29) is 5.76 Å². The molecule has 0 saturated carbocycles. The third kappa shape index (κ3) is 3.79. The third-order valence-corrected chi connectivity index (χ3v) is 6.34. The summed E-state index contributed by atoms with van der Waals surface area (Å²) in [6.07, 6.45) is 1.65. The number of aromatic nitrogens is 2. The van der Waals surface area contributed by atoms with E-state index >= 15 is 8.63 Å². The second-order valence-electron chi connectivity index (χ2n) is 8.68. The van der Waals surface area contributed by atoms with Gasteiger partial charge in [-0.2, -0.15) is 0 Å². The van der Waals surface area contributed by atoms with Crippen LogP contribution in [-0.2, 0) is 4.65 Å². The zero-order chi connectivity index (χ0) is 24.7. The maximum Gasteiger partial charge on any atom is 0.834 e. The fraction of sp³-hybridized carbons (Fsp3) is 0.0345. The second kappa shape index (κ2) is 8.61. The Morgan fingerprint density at radius 3 is 1.92 bits per heavy atom. The highest BCUT2D eigenvalue weighted by atomic mass is 19.3. The van der Waals surface area contributed by atoms with Gasteiger partial charge in [-0.15, -0.1) is 0 Å². The van der Waals surface area contributed by atoms with Crippen molar-refractivity contribution >= 4 is 47.0 Å². The molecule has 5 aromatic rings. The summed E-state index contributed by atoms with van der Waals surface area (Å²) in [6, 6.07) is 34.3. The monoisotopic (exact) mass is 477 g/mol. The van der Waals surface area contributed by atoms with Crippen LogP contribution in [0.2, 0.25) is 0 Å². The van der Waals surface area contributed by atoms with Gasteiger partial charge < -0.3 is 22.7 Å². The van der Waals surface area contributed by atoms with E-state index in [0.29, 0.717) is 28.0 Å². The Bertz CT molecular complexity index is 1550. The van der Waals surface area contributed by atoms with Gasteiger partial charge in [0.1, 0.15) is 11.2 Å². The Hall–Kier alpha value is -4.52. The molecule has 6 rings (SSSR count). The van der Waals surface area contributed by atoms with Crippen LogP contribution in [0, 0.1) is 6.92 Å².